The number of amides is 1. The molecule has 0 atom stereocenters. The van der Waals surface area contributed by atoms with Gasteiger partial charge >= 0.3 is 0 Å². The molecule has 3 N–H and O–H groups in total. The average molecular weight is 319 g/mol. The lowest BCUT2D eigenvalue weighted by Crippen LogP contribution is -2.46. The number of carbonyl (C=O) groups is 1. The maximum absolute atomic E-state index is 12.9. The van der Waals surface area contributed by atoms with Crippen LogP contribution in [0.5, 0.6) is 0 Å². The van der Waals surface area contributed by atoms with Crippen LogP contribution >= 0.6 is 0 Å². The van der Waals surface area contributed by atoms with Crippen LogP contribution in [0, 0.1) is 5.82 Å². The third-order valence-electron chi connectivity index (χ3n) is 3.96. The van der Waals surface area contributed by atoms with Crippen molar-refractivity contribution in [2.75, 3.05) is 19.8 Å². The number of aliphatic hydroxyl groups is 1. The lowest BCUT2D eigenvalue weighted by atomic mass is 9.94. The van der Waals surface area contributed by atoms with E-state index in [1.54, 1.807) is 18.2 Å². The van der Waals surface area contributed by atoms with Crippen LogP contribution < -0.4 is 5.32 Å². The van der Waals surface area contributed by atoms with Gasteiger partial charge in [-0.3, -0.25) is 9.89 Å². The summed E-state index contributed by atoms with van der Waals surface area (Å²) in [5, 5.41) is 19.7. The molecule has 0 aliphatic carbocycles. The number of aromatic nitrogens is 2. The van der Waals surface area contributed by atoms with Gasteiger partial charge in [-0.05, 0) is 30.3 Å². The molecular formula is C16H18FN3O3. The van der Waals surface area contributed by atoms with E-state index >= 15 is 0 Å². The fraction of sp³-hybridized carbons (Fsp3) is 0.375. The molecule has 2 heterocycles. The van der Waals surface area contributed by atoms with Crippen molar-refractivity contribution in [1.29, 1.82) is 0 Å². The van der Waals surface area contributed by atoms with Crippen molar-refractivity contribution < 1.29 is 19.0 Å². The Morgan fingerprint density at radius 1 is 1.35 bits per heavy atom. The zero-order valence-electron chi connectivity index (χ0n) is 12.5. The first-order chi connectivity index (χ1) is 11.1. The molecule has 0 unspecified atom stereocenters. The van der Waals surface area contributed by atoms with E-state index < -0.39 is 5.60 Å². The number of ether oxygens (including phenoxy) is 1. The third kappa shape index (κ3) is 3.75. The largest absolute Gasteiger partial charge is 0.388 e. The van der Waals surface area contributed by atoms with Crippen LogP contribution in [-0.4, -0.2) is 46.6 Å². The fourth-order valence-electron chi connectivity index (χ4n) is 2.47. The Hall–Kier alpha value is -2.25. The first-order valence-electron chi connectivity index (χ1n) is 7.45. The minimum Gasteiger partial charge on any atom is -0.388 e. The van der Waals surface area contributed by atoms with Crippen molar-refractivity contribution in [2.24, 2.45) is 0 Å². The number of hydrogen-bond donors (Lipinski definition) is 3. The van der Waals surface area contributed by atoms with Gasteiger partial charge < -0.3 is 15.2 Å². The van der Waals surface area contributed by atoms with Crippen LogP contribution in [0.2, 0.25) is 0 Å². The van der Waals surface area contributed by atoms with E-state index in [0.29, 0.717) is 43.0 Å². The third-order valence-corrected chi connectivity index (χ3v) is 3.96. The van der Waals surface area contributed by atoms with E-state index in [-0.39, 0.29) is 18.3 Å². The highest BCUT2D eigenvalue weighted by molar-refractivity contribution is 5.93. The van der Waals surface area contributed by atoms with Gasteiger partial charge in [-0.1, -0.05) is 0 Å². The normalized spacial score (nSPS) is 17.0. The second-order valence-electron chi connectivity index (χ2n) is 5.69. The Morgan fingerprint density at radius 3 is 2.74 bits per heavy atom. The minimum atomic E-state index is -0.923. The molecule has 23 heavy (non-hydrogen) atoms. The van der Waals surface area contributed by atoms with Gasteiger partial charge in [0, 0.05) is 38.2 Å². The van der Waals surface area contributed by atoms with Crippen LogP contribution in [0.4, 0.5) is 4.39 Å². The molecule has 6 nitrogen and oxygen atoms in total. The summed E-state index contributed by atoms with van der Waals surface area (Å²) in [5.74, 6) is -0.669. The maximum atomic E-state index is 12.9. The molecule has 1 saturated heterocycles. The smallest absolute Gasteiger partial charge is 0.269 e. The number of aromatic amines is 1. The zero-order valence-corrected chi connectivity index (χ0v) is 12.5. The van der Waals surface area contributed by atoms with Crippen LogP contribution in [0.15, 0.2) is 30.3 Å². The van der Waals surface area contributed by atoms with E-state index in [4.69, 9.17) is 4.74 Å². The highest BCUT2D eigenvalue weighted by Crippen LogP contribution is 2.20. The van der Waals surface area contributed by atoms with Crippen molar-refractivity contribution in [3.05, 3.63) is 41.8 Å². The van der Waals surface area contributed by atoms with E-state index in [2.05, 4.69) is 15.5 Å². The minimum absolute atomic E-state index is 0.167. The summed E-state index contributed by atoms with van der Waals surface area (Å²) in [6, 6.07) is 7.46. The monoisotopic (exact) mass is 319 g/mol. The van der Waals surface area contributed by atoms with E-state index in [1.807, 2.05) is 0 Å². The van der Waals surface area contributed by atoms with Gasteiger partial charge in [0.1, 0.15) is 11.5 Å². The number of nitrogens with one attached hydrogen (secondary N) is 2. The summed E-state index contributed by atoms with van der Waals surface area (Å²) in [7, 11) is 0. The van der Waals surface area contributed by atoms with Gasteiger partial charge in [-0.2, -0.15) is 5.10 Å². The molecule has 1 aliphatic rings. The Labute approximate surface area is 132 Å². The first-order valence-corrected chi connectivity index (χ1v) is 7.45. The molecule has 2 aromatic rings. The van der Waals surface area contributed by atoms with Crippen molar-refractivity contribution in [2.45, 2.75) is 18.4 Å². The Morgan fingerprint density at radius 2 is 2.04 bits per heavy atom. The summed E-state index contributed by atoms with van der Waals surface area (Å²) in [6.07, 6.45) is 0.994. The van der Waals surface area contributed by atoms with Crippen molar-refractivity contribution in [3.63, 3.8) is 0 Å². The predicted octanol–water partition coefficient (Wildman–Crippen LogP) is 1.49. The molecule has 3 rings (SSSR count). The molecule has 0 saturated carbocycles. The van der Waals surface area contributed by atoms with Gasteiger partial charge in [-0.15, -0.1) is 0 Å². The van der Waals surface area contributed by atoms with Crippen molar-refractivity contribution >= 4 is 5.91 Å². The van der Waals surface area contributed by atoms with E-state index in [9.17, 15) is 14.3 Å². The molecule has 1 aliphatic heterocycles. The SMILES string of the molecule is O=C(NCC1(O)CCOCC1)c1cc(-c2ccc(F)cc2)n[nH]1. The number of carbonyl (C=O) groups excluding carboxylic acids is 1. The average Bonchev–Trinajstić information content (AvgIpc) is 3.04. The van der Waals surface area contributed by atoms with Crippen LogP contribution in [0.3, 0.4) is 0 Å². The highest BCUT2D eigenvalue weighted by Gasteiger charge is 2.30. The number of rotatable bonds is 4. The quantitative estimate of drug-likeness (QED) is 0.797. The van der Waals surface area contributed by atoms with Gasteiger partial charge in [-0.25, -0.2) is 4.39 Å². The van der Waals surface area contributed by atoms with Crippen LogP contribution in [-0.2, 0) is 4.74 Å². The van der Waals surface area contributed by atoms with Crippen molar-refractivity contribution in [1.82, 2.24) is 15.5 Å². The lowest BCUT2D eigenvalue weighted by molar-refractivity contribution is -0.0605. The van der Waals surface area contributed by atoms with Gasteiger partial charge in [0.2, 0.25) is 0 Å². The first kappa shape index (κ1) is 15.6. The van der Waals surface area contributed by atoms with E-state index in [1.165, 1.54) is 12.1 Å². The molecular weight excluding hydrogens is 301 g/mol. The number of halogens is 1. The molecule has 1 fully saturated rings. The molecule has 0 bridgehead atoms. The number of H-pyrrole nitrogens is 1. The maximum Gasteiger partial charge on any atom is 0.269 e. The number of hydrogen-bond acceptors (Lipinski definition) is 4. The highest BCUT2D eigenvalue weighted by atomic mass is 19.1. The standard InChI is InChI=1S/C16H18FN3O3/c17-12-3-1-11(2-4-12)13-9-14(20-19-13)15(21)18-10-16(22)5-7-23-8-6-16/h1-4,9,22H,5-8,10H2,(H,18,21)(H,19,20). The van der Waals surface area contributed by atoms with Gasteiger partial charge in [0.25, 0.3) is 5.91 Å². The Bertz CT molecular complexity index is 678. The second-order valence-corrected chi connectivity index (χ2v) is 5.69. The molecule has 1 aromatic heterocycles. The molecule has 0 spiro atoms. The lowest BCUT2D eigenvalue weighted by Gasteiger charge is -2.31. The summed E-state index contributed by atoms with van der Waals surface area (Å²) in [5.41, 5.74) is 0.637. The second kappa shape index (κ2) is 6.47. The Balaban J connectivity index is 1.63. The molecule has 0 radical (unpaired) electrons. The molecule has 7 heteroatoms. The number of benzene rings is 1. The topological polar surface area (TPSA) is 87.2 Å². The van der Waals surface area contributed by atoms with Gasteiger partial charge in [0.05, 0.1) is 11.3 Å². The van der Waals surface area contributed by atoms with Crippen LogP contribution in [0.1, 0.15) is 23.3 Å². The summed E-state index contributed by atoms with van der Waals surface area (Å²) < 4.78 is 18.1. The predicted molar refractivity (Wildman–Crippen MR) is 81.3 cm³/mol. The molecule has 1 aromatic carbocycles. The van der Waals surface area contributed by atoms with Crippen LogP contribution in [0.25, 0.3) is 11.3 Å². The summed E-state index contributed by atoms with van der Waals surface area (Å²) in [6.45, 7) is 1.15. The van der Waals surface area contributed by atoms with Gasteiger partial charge in [0.15, 0.2) is 0 Å². The molecule has 1 amide bonds. The zero-order chi connectivity index (χ0) is 16.3. The fourth-order valence-corrected chi connectivity index (χ4v) is 2.47. The molecule has 122 valence electrons. The number of nitrogens with zero attached hydrogens (tertiary/aromatic N) is 1. The van der Waals surface area contributed by atoms with Crippen molar-refractivity contribution in [3.8, 4) is 11.3 Å². The summed E-state index contributed by atoms with van der Waals surface area (Å²) >= 11 is 0. The summed E-state index contributed by atoms with van der Waals surface area (Å²) in [4.78, 5) is 12.1. The van der Waals surface area contributed by atoms with E-state index in [0.717, 1.165) is 0 Å². The Kier molecular flexibility index (Phi) is 4.40.